The van der Waals surface area contributed by atoms with E-state index in [2.05, 4.69) is 42.5 Å². The smallest absolute Gasteiger partial charge is 0.150 e. The molecule has 0 aliphatic rings. The van der Waals surface area contributed by atoms with Gasteiger partial charge in [0.15, 0.2) is 0 Å². The molecule has 0 radical (unpaired) electrons. The summed E-state index contributed by atoms with van der Waals surface area (Å²) in [6, 6.07) is 18.7. The lowest BCUT2D eigenvalue weighted by Crippen LogP contribution is -1.86. The van der Waals surface area contributed by atoms with Gasteiger partial charge in [0.25, 0.3) is 0 Å². The number of benzene rings is 4. The highest BCUT2D eigenvalue weighted by molar-refractivity contribution is 6.23. The van der Waals surface area contributed by atoms with Gasteiger partial charge in [0.1, 0.15) is 6.29 Å². The summed E-state index contributed by atoms with van der Waals surface area (Å²) in [5, 5.41) is 7.34. The second-order valence-corrected chi connectivity index (χ2v) is 4.67. The van der Waals surface area contributed by atoms with Crippen LogP contribution in [0.2, 0.25) is 0 Å². The van der Waals surface area contributed by atoms with E-state index in [9.17, 15) is 4.79 Å². The normalized spacial score (nSPS) is 11.6. The summed E-state index contributed by atoms with van der Waals surface area (Å²) >= 11 is 0. The topological polar surface area (TPSA) is 17.1 Å². The molecule has 0 aliphatic heterocycles. The van der Waals surface area contributed by atoms with E-state index < -0.39 is 0 Å². The van der Waals surface area contributed by atoms with E-state index in [0.29, 0.717) is 0 Å². The van der Waals surface area contributed by atoms with Crippen molar-refractivity contribution < 1.29 is 4.79 Å². The predicted molar refractivity (Wildman–Crippen MR) is 75.5 cm³/mol. The monoisotopic (exact) mass is 230 g/mol. The van der Waals surface area contributed by atoms with Crippen LogP contribution in [0.3, 0.4) is 0 Å². The third-order valence-electron chi connectivity index (χ3n) is 3.62. The highest BCUT2D eigenvalue weighted by Gasteiger charge is 2.08. The van der Waals surface area contributed by atoms with Crippen LogP contribution in [0.4, 0.5) is 0 Å². The fourth-order valence-electron chi connectivity index (χ4n) is 2.85. The molecule has 0 saturated heterocycles. The van der Waals surface area contributed by atoms with Crippen molar-refractivity contribution in [3.05, 3.63) is 60.2 Å². The minimum absolute atomic E-state index is 0.737. The Labute approximate surface area is 104 Å². The van der Waals surface area contributed by atoms with Crippen molar-refractivity contribution in [2.75, 3.05) is 0 Å². The van der Waals surface area contributed by atoms with Crippen molar-refractivity contribution in [1.29, 1.82) is 0 Å². The molecule has 0 aromatic heterocycles. The van der Waals surface area contributed by atoms with Crippen LogP contribution in [0.25, 0.3) is 32.3 Å². The molecular weight excluding hydrogens is 220 g/mol. The van der Waals surface area contributed by atoms with E-state index in [1.54, 1.807) is 0 Å². The van der Waals surface area contributed by atoms with Crippen molar-refractivity contribution in [1.82, 2.24) is 0 Å². The summed E-state index contributed by atoms with van der Waals surface area (Å²) in [5.74, 6) is 0. The minimum atomic E-state index is 0.737. The molecule has 0 atom stereocenters. The third kappa shape index (κ3) is 1.13. The van der Waals surface area contributed by atoms with Crippen molar-refractivity contribution in [3.8, 4) is 0 Å². The van der Waals surface area contributed by atoms with E-state index in [1.807, 2.05) is 12.1 Å². The largest absolute Gasteiger partial charge is 0.298 e. The number of carbonyl (C=O) groups is 1. The standard InChI is InChI=1S/C17H10O/c18-10-11-8-14-6-4-12-2-1-3-13-5-7-15(9-11)17(14)16(12)13/h1-10H. The summed E-state index contributed by atoms with van der Waals surface area (Å²) in [6.07, 6.45) is 0.911. The Hall–Kier alpha value is -2.41. The molecule has 0 aliphatic carbocycles. The van der Waals surface area contributed by atoms with E-state index >= 15 is 0 Å². The Bertz CT molecular complexity index is 826. The van der Waals surface area contributed by atoms with Gasteiger partial charge in [-0.1, -0.05) is 42.5 Å². The molecule has 0 bridgehead atoms. The number of carbonyl (C=O) groups excluding carboxylic acids is 1. The molecular formula is C17H10O. The molecule has 1 heteroatoms. The van der Waals surface area contributed by atoms with Crippen LogP contribution in [0, 0.1) is 0 Å². The lowest BCUT2D eigenvalue weighted by molar-refractivity contribution is 0.112. The molecule has 1 nitrogen and oxygen atoms in total. The SMILES string of the molecule is O=Cc1cc2ccc3cccc4ccc(c1)c2c34. The fourth-order valence-corrected chi connectivity index (χ4v) is 2.85. The second-order valence-electron chi connectivity index (χ2n) is 4.67. The van der Waals surface area contributed by atoms with Gasteiger partial charge in [-0.3, -0.25) is 4.79 Å². The Morgan fingerprint density at radius 3 is 1.72 bits per heavy atom. The molecule has 4 rings (SSSR count). The molecule has 0 fully saturated rings. The summed E-state index contributed by atoms with van der Waals surface area (Å²) in [7, 11) is 0. The molecule has 84 valence electrons. The summed E-state index contributed by atoms with van der Waals surface area (Å²) in [5.41, 5.74) is 0.737. The maximum atomic E-state index is 11.0. The van der Waals surface area contributed by atoms with E-state index in [1.165, 1.54) is 21.5 Å². The van der Waals surface area contributed by atoms with Gasteiger partial charge in [-0.25, -0.2) is 0 Å². The molecule has 4 aromatic carbocycles. The molecule has 0 amide bonds. The number of rotatable bonds is 1. The van der Waals surface area contributed by atoms with Gasteiger partial charge in [0.2, 0.25) is 0 Å². The van der Waals surface area contributed by atoms with Gasteiger partial charge in [-0.2, -0.15) is 0 Å². The van der Waals surface area contributed by atoms with Gasteiger partial charge >= 0.3 is 0 Å². The summed E-state index contributed by atoms with van der Waals surface area (Å²) in [6.45, 7) is 0. The third-order valence-corrected chi connectivity index (χ3v) is 3.62. The van der Waals surface area contributed by atoms with Gasteiger partial charge < -0.3 is 0 Å². The second kappa shape index (κ2) is 3.30. The van der Waals surface area contributed by atoms with Crippen LogP contribution in [0.15, 0.2) is 54.6 Å². The van der Waals surface area contributed by atoms with Crippen molar-refractivity contribution >= 4 is 38.6 Å². The van der Waals surface area contributed by atoms with Gasteiger partial charge in [0, 0.05) is 5.56 Å². The Balaban J connectivity index is 2.38. The zero-order chi connectivity index (χ0) is 12.1. The Morgan fingerprint density at radius 1 is 0.667 bits per heavy atom. The Morgan fingerprint density at radius 2 is 1.17 bits per heavy atom. The highest BCUT2D eigenvalue weighted by Crippen LogP contribution is 2.34. The molecule has 0 spiro atoms. The van der Waals surface area contributed by atoms with Crippen LogP contribution >= 0.6 is 0 Å². The van der Waals surface area contributed by atoms with E-state index in [-0.39, 0.29) is 0 Å². The predicted octanol–water partition coefficient (Wildman–Crippen LogP) is 4.40. The zero-order valence-corrected chi connectivity index (χ0v) is 9.68. The molecule has 18 heavy (non-hydrogen) atoms. The molecule has 0 heterocycles. The van der Waals surface area contributed by atoms with E-state index in [4.69, 9.17) is 0 Å². The first-order valence-electron chi connectivity index (χ1n) is 5.99. The number of hydrogen-bond donors (Lipinski definition) is 0. The lowest BCUT2D eigenvalue weighted by atomic mass is 9.93. The molecule has 0 saturated carbocycles. The zero-order valence-electron chi connectivity index (χ0n) is 9.68. The fraction of sp³-hybridized carbons (Fsp3) is 0. The summed E-state index contributed by atoms with van der Waals surface area (Å²) < 4.78 is 0. The number of aldehydes is 1. The van der Waals surface area contributed by atoms with Crippen LogP contribution in [0.1, 0.15) is 10.4 Å². The van der Waals surface area contributed by atoms with E-state index in [0.717, 1.165) is 22.6 Å². The molecule has 4 aromatic rings. The summed E-state index contributed by atoms with van der Waals surface area (Å²) in [4.78, 5) is 11.0. The maximum absolute atomic E-state index is 11.0. The van der Waals surface area contributed by atoms with Gasteiger partial charge in [-0.15, -0.1) is 0 Å². The van der Waals surface area contributed by atoms with Crippen LogP contribution < -0.4 is 0 Å². The molecule has 0 unspecified atom stereocenters. The van der Waals surface area contributed by atoms with Crippen LogP contribution in [-0.2, 0) is 0 Å². The average Bonchev–Trinajstić information content (AvgIpc) is 2.44. The van der Waals surface area contributed by atoms with Crippen LogP contribution in [-0.4, -0.2) is 6.29 Å². The maximum Gasteiger partial charge on any atom is 0.150 e. The minimum Gasteiger partial charge on any atom is -0.298 e. The van der Waals surface area contributed by atoms with Crippen LogP contribution in [0.5, 0.6) is 0 Å². The van der Waals surface area contributed by atoms with Crippen molar-refractivity contribution in [2.24, 2.45) is 0 Å². The number of hydrogen-bond acceptors (Lipinski definition) is 1. The lowest BCUT2D eigenvalue weighted by Gasteiger charge is -2.10. The highest BCUT2D eigenvalue weighted by atomic mass is 16.1. The molecule has 0 N–H and O–H groups in total. The van der Waals surface area contributed by atoms with Crippen molar-refractivity contribution in [3.63, 3.8) is 0 Å². The quantitative estimate of drug-likeness (QED) is 0.350. The first-order chi connectivity index (χ1) is 8.86. The van der Waals surface area contributed by atoms with Crippen molar-refractivity contribution in [2.45, 2.75) is 0 Å². The average molecular weight is 230 g/mol. The van der Waals surface area contributed by atoms with Gasteiger partial charge in [0.05, 0.1) is 0 Å². The Kier molecular flexibility index (Phi) is 1.76. The first-order valence-corrected chi connectivity index (χ1v) is 5.99. The first kappa shape index (κ1) is 9.60. The van der Waals surface area contributed by atoms with Gasteiger partial charge in [-0.05, 0) is 44.5 Å².